The molecule has 0 aromatic rings. The van der Waals surface area contributed by atoms with Crippen LogP contribution in [-0.4, -0.2) is 43.8 Å². The SMILES string of the molecule is C1CN(C2CCN2)CCN1. The van der Waals surface area contributed by atoms with E-state index in [1.165, 1.54) is 26.1 Å². The van der Waals surface area contributed by atoms with Crippen molar-refractivity contribution in [1.82, 2.24) is 15.5 Å². The van der Waals surface area contributed by atoms with Crippen LogP contribution in [0.4, 0.5) is 0 Å². The third kappa shape index (κ3) is 1.17. The van der Waals surface area contributed by atoms with Gasteiger partial charge in [0.15, 0.2) is 0 Å². The predicted octanol–water partition coefficient (Wildman–Crippen LogP) is -0.789. The highest BCUT2D eigenvalue weighted by Crippen LogP contribution is 2.08. The lowest BCUT2D eigenvalue weighted by Gasteiger charge is -2.40. The fraction of sp³-hybridized carbons (Fsp3) is 1.00. The van der Waals surface area contributed by atoms with Crippen LogP contribution in [0.1, 0.15) is 6.42 Å². The first-order valence-electron chi connectivity index (χ1n) is 4.15. The van der Waals surface area contributed by atoms with Gasteiger partial charge >= 0.3 is 0 Å². The Balaban J connectivity index is 1.78. The largest absolute Gasteiger partial charge is 0.314 e. The van der Waals surface area contributed by atoms with E-state index < -0.39 is 0 Å². The zero-order chi connectivity index (χ0) is 6.81. The summed E-state index contributed by atoms with van der Waals surface area (Å²) in [6, 6.07) is 0. The van der Waals surface area contributed by atoms with Gasteiger partial charge in [-0.25, -0.2) is 0 Å². The van der Waals surface area contributed by atoms with Crippen molar-refractivity contribution in [3.05, 3.63) is 0 Å². The molecule has 0 radical (unpaired) electrons. The van der Waals surface area contributed by atoms with Crippen molar-refractivity contribution in [3.8, 4) is 0 Å². The minimum atomic E-state index is 0.710. The van der Waals surface area contributed by atoms with E-state index in [4.69, 9.17) is 0 Å². The Morgan fingerprint density at radius 2 is 1.80 bits per heavy atom. The topological polar surface area (TPSA) is 27.3 Å². The molecule has 2 aliphatic heterocycles. The average molecular weight is 141 g/mol. The van der Waals surface area contributed by atoms with Gasteiger partial charge in [0.05, 0.1) is 6.17 Å². The van der Waals surface area contributed by atoms with Gasteiger partial charge in [-0.1, -0.05) is 0 Å². The second kappa shape index (κ2) is 2.86. The maximum Gasteiger partial charge on any atom is 0.0610 e. The molecule has 0 aromatic heterocycles. The molecule has 0 spiro atoms. The summed E-state index contributed by atoms with van der Waals surface area (Å²) in [6.07, 6.45) is 2.06. The van der Waals surface area contributed by atoms with Crippen LogP contribution in [0, 0.1) is 0 Å². The minimum Gasteiger partial charge on any atom is -0.314 e. The molecule has 1 atom stereocenters. The number of hydrogen-bond donors (Lipinski definition) is 2. The Bertz CT molecular complexity index is 105. The molecule has 3 nitrogen and oxygen atoms in total. The van der Waals surface area contributed by atoms with Gasteiger partial charge in [-0.05, 0) is 13.0 Å². The highest BCUT2D eigenvalue weighted by atomic mass is 15.3. The Hall–Kier alpha value is -0.120. The van der Waals surface area contributed by atoms with Crippen molar-refractivity contribution in [2.24, 2.45) is 0 Å². The number of piperazine rings is 1. The van der Waals surface area contributed by atoms with E-state index in [1.54, 1.807) is 0 Å². The first kappa shape index (κ1) is 6.58. The smallest absolute Gasteiger partial charge is 0.0610 e. The molecule has 10 heavy (non-hydrogen) atoms. The monoisotopic (exact) mass is 141 g/mol. The molecule has 0 bridgehead atoms. The van der Waals surface area contributed by atoms with Crippen molar-refractivity contribution in [2.45, 2.75) is 12.6 Å². The molecule has 2 N–H and O–H groups in total. The first-order valence-corrected chi connectivity index (χ1v) is 4.15. The van der Waals surface area contributed by atoms with Gasteiger partial charge in [-0.15, -0.1) is 0 Å². The number of nitrogens with zero attached hydrogens (tertiary/aromatic N) is 1. The van der Waals surface area contributed by atoms with Crippen molar-refractivity contribution in [3.63, 3.8) is 0 Å². The second-order valence-corrected chi connectivity index (χ2v) is 3.04. The van der Waals surface area contributed by atoms with Gasteiger partial charge in [-0.2, -0.15) is 0 Å². The van der Waals surface area contributed by atoms with Crippen molar-refractivity contribution in [1.29, 1.82) is 0 Å². The second-order valence-electron chi connectivity index (χ2n) is 3.04. The van der Waals surface area contributed by atoms with Crippen LogP contribution in [-0.2, 0) is 0 Å². The molecule has 58 valence electrons. The Kier molecular flexibility index (Phi) is 1.88. The van der Waals surface area contributed by atoms with Crippen molar-refractivity contribution < 1.29 is 0 Å². The van der Waals surface area contributed by atoms with Crippen LogP contribution < -0.4 is 10.6 Å². The fourth-order valence-electron chi connectivity index (χ4n) is 1.58. The molecule has 2 aliphatic rings. The Morgan fingerprint density at radius 3 is 2.30 bits per heavy atom. The lowest BCUT2D eigenvalue weighted by molar-refractivity contribution is 0.0955. The molecule has 2 rings (SSSR count). The van der Waals surface area contributed by atoms with E-state index >= 15 is 0 Å². The highest BCUT2D eigenvalue weighted by molar-refractivity contribution is 4.81. The minimum absolute atomic E-state index is 0.710. The molecule has 2 heterocycles. The molecule has 0 aromatic carbocycles. The van der Waals surface area contributed by atoms with E-state index in [1.807, 2.05) is 0 Å². The summed E-state index contributed by atoms with van der Waals surface area (Å²) < 4.78 is 0. The average Bonchev–Trinajstić information content (AvgIpc) is 1.86. The Morgan fingerprint density at radius 1 is 1.10 bits per heavy atom. The van der Waals surface area contributed by atoms with Crippen LogP contribution in [0.5, 0.6) is 0 Å². The third-order valence-corrected chi connectivity index (χ3v) is 2.39. The van der Waals surface area contributed by atoms with Crippen LogP contribution in [0.15, 0.2) is 0 Å². The van der Waals surface area contributed by atoms with E-state index in [-0.39, 0.29) is 0 Å². The Labute approximate surface area is 61.8 Å². The normalized spacial score (nSPS) is 35.4. The molecule has 3 heteroatoms. The van der Waals surface area contributed by atoms with Gasteiger partial charge in [0.2, 0.25) is 0 Å². The standard InChI is InChI=1S/C7H15N3/c1-2-9-7(1)10-5-3-8-4-6-10/h7-9H,1-6H2. The molecule has 2 saturated heterocycles. The fourth-order valence-corrected chi connectivity index (χ4v) is 1.58. The molecular weight excluding hydrogens is 126 g/mol. The van der Waals surface area contributed by atoms with Crippen LogP contribution in [0.25, 0.3) is 0 Å². The molecule has 0 aliphatic carbocycles. The summed E-state index contributed by atoms with van der Waals surface area (Å²) in [6.45, 7) is 5.99. The van der Waals surface area contributed by atoms with Gasteiger partial charge in [0.25, 0.3) is 0 Å². The summed E-state index contributed by atoms with van der Waals surface area (Å²) in [5, 5.41) is 6.76. The van der Waals surface area contributed by atoms with E-state index in [0.717, 1.165) is 13.1 Å². The van der Waals surface area contributed by atoms with Crippen molar-refractivity contribution in [2.75, 3.05) is 32.7 Å². The maximum atomic E-state index is 3.41. The van der Waals surface area contributed by atoms with E-state index in [0.29, 0.717) is 6.17 Å². The summed E-state index contributed by atoms with van der Waals surface area (Å²) in [7, 11) is 0. The van der Waals surface area contributed by atoms with Gasteiger partial charge < -0.3 is 10.6 Å². The van der Waals surface area contributed by atoms with Gasteiger partial charge in [-0.3, -0.25) is 4.90 Å². The van der Waals surface area contributed by atoms with Gasteiger partial charge in [0, 0.05) is 26.2 Å². The zero-order valence-electron chi connectivity index (χ0n) is 6.27. The zero-order valence-corrected chi connectivity index (χ0v) is 6.27. The molecular formula is C7H15N3. The van der Waals surface area contributed by atoms with E-state index in [9.17, 15) is 0 Å². The molecule has 2 fully saturated rings. The maximum absolute atomic E-state index is 3.41. The predicted molar refractivity (Wildman–Crippen MR) is 40.9 cm³/mol. The third-order valence-electron chi connectivity index (χ3n) is 2.39. The summed E-state index contributed by atoms with van der Waals surface area (Å²) in [5.41, 5.74) is 0. The molecule has 0 saturated carbocycles. The van der Waals surface area contributed by atoms with Crippen LogP contribution in [0.2, 0.25) is 0 Å². The number of nitrogens with one attached hydrogen (secondary N) is 2. The van der Waals surface area contributed by atoms with Gasteiger partial charge in [0.1, 0.15) is 0 Å². The van der Waals surface area contributed by atoms with Crippen molar-refractivity contribution >= 4 is 0 Å². The highest BCUT2D eigenvalue weighted by Gasteiger charge is 2.24. The van der Waals surface area contributed by atoms with Crippen LogP contribution in [0.3, 0.4) is 0 Å². The summed E-state index contributed by atoms with van der Waals surface area (Å²) >= 11 is 0. The first-order chi connectivity index (χ1) is 4.97. The lowest BCUT2D eigenvalue weighted by atomic mass is 10.1. The number of hydrogen-bond acceptors (Lipinski definition) is 3. The summed E-state index contributed by atoms with van der Waals surface area (Å²) in [4.78, 5) is 2.53. The quantitative estimate of drug-likeness (QED) is 0.501. The van der Waals surface area contributed by atoms with E-state index in [2.05, 4.69) is 15.5 Å². The molecule has 0 amide bonds. The number of rotatable bonds is 1. The van der Waals surface area contributed by atoms with Crippen LogP contribution >= 0.6 is 0 Å². The molecule has 1 unspecified atom stereocenters. The lowest BCUT2D eigenvalue weighted by Crippen LogP contribution is -2.59. The summed E-state index contributed by atoms with van der Waals surface area (Å²) in [5.74, 6) is 0.